The minimum absolute atomic E-state index is 0.0290. The predicted octanol–water partition coefficient (Wildman–Crippen LogP) is 4.65. The van der Waals surface area contributed by atoms with Crippen LogP contribution in [0.2, 0.25) is 18.1 Å². The third-order valence-electron chi connectivity index (χ3n) is 8.20. The first-order valence-corrected chi connectivity index (χ1v) is 12.9. The lowest BCUT2D eigenvalue weighted by atomic mass is 9.48. The van der Waals surface area contributed by atoms with E-state index >= 15 is 0 Å². The molecule has 3 nitrogen and oxygen atoms in total. The van der Waals surface area contributed by atoms with Gasteiger partial charge in [-0.15, -0.1) is 0 Å². The number of allylic oxidation sites excluding steroid dienone is 1. The Bertz CT molecular complexity index is 590. The monoisotopic (exact) mass is 366 g/mol. The first-order valence-electron chi connectivity index (χ1n) is 9.97. The van der Waals surface area contributed by atoms with Crippen LogP contribution in [0.1, 0.15) is 66.7 Å². The first-order chi connectivity index (χ1) is 11.3. The zero-order chi connectivity index (χ0) is 18.9. The van der Waals surface area contributed by atoms with Gasteiger partial charge in [-0.2, -0.15) is 0 Å². The summed E-state index contributed by atoms with van der Waals surface area (Å²) < 4.78 is 7.10. The van der Waals surface area contributed by atoms with E-state index in [4.69, 9.17) is 4.43 Å². The standard InChI is InChI=1S/C21H38O3Si/c1-18(2,3)25(6,7)24-21-9-8-20(21,5)11-15-10-19(4,14-23)12-16(15)17(21)13-22/h15,22-23H,8-14H2,1-7H3/t15-,19-,20-,21-/m0/s1. The van der Waals surface area contributed by atoms with Crippen molar-refractivity contribution in [1.29, 1.82) is 0 Å². The lowest BCUT2D eigenvalue weighted by Crippen LogP contribution is -2.66. The summed E-state index contributed by atoms with van der Waals surface area (Å²) in [5.74, 6) is 0.515. The Morgan fingerprint density at radius 1 is 1.12 bits per heavy atom. The molecule has 25 heavy (non-hydrogen) atoms. The minimum Gasteiger partial charge on any atom is -0.407 e. The van der Waals surface area contributed by atoms with E-state index in [0.717, 1.165) is 25.7 Å². The summed E-state index contributed by atoms with van der Waals surface area (Å²) in [6.07, 6.45) is 5.34. The van der Waals surface area contributed by atoms with Crippen LogP contribution in [-0.2, 0) is 4.43 Å². The number of fused-ring (bicyclic) bond motifs is 2. The average molecular weight is 367 g/mol. The number of hydrogen-bond acceptors (Lipinski definition) is 3. The Labute approximate surface area is 155 Å². The fourth-order valence-corrected chi connectivity index (χ4v) is 7.13. The Hall–Kier alpha value is -0.163. The lowest BCUT2D eigenvalue weighted by molar-refractivity contribution is -0.140. The molecule has 0 spiro atoms. The second-order valence-corrected chi connectivity index (χ2v) is 15.9. The van der Waals surface area contributed by atoms with Crippen LogP contribution in [0.5, 0.6) is 0 Å². The molecule has 2 saturated carbocycles. The Balaban J connectivity index is 2.06. The van der Waals surface area contributed by atoms with Crippen LogP contribution in [0.3, 0.4) is 0 Å². The van der Waals surface area contributed by atoms with Gasteiger partial charge in [0.2, 0.25) is 0 Å². The maximum absolute atomic E-state index is 10.4. The number of aliphatic hydroxyl groups is 2. The van der Waals surface area contributed by atoms with Crippen molar-refractivity contribution >= 4 is 8.32 Å². The molecule has 144 valence electrons. The van der Waals surface area contributed by atoms with Gasteiger partial charge in [-0.05, 0) is 67.1 Å². The van der Waals surface area contributed by atoms with Crippen LogP contribution in [-0.4, -0.2) is 37.3 Å². The van der Waals surface area contributed by atoms with E-state index in [-0.39, 0.29) is 34.7 Å². The second-order valence-electron chi connectivity index (χ2n) is 11.2. The van der Waals surface area contributed by atoms with Gasteiger partial charge in [0.25, 0.3) is 0 Å². The molecule has 0 unspecified atom stereocenters. The van der Waals surface area contributed by atoms with E-state index in [0.29, 0.717) is 5.92 Å². The van der Waals surface area contributed by atoms with E-state index < -0.39 is 8.32 Å². The molecule has 2 N–H and O–H groups in total. The number of aliphatic hydroxyl groups excluding tert-OH is 2. The van der Waals surface area contributed by atoms with Crippen molar-refractivity contribution < 1.29 is 14.6 Å². The van der Waals surface area contributed by atoms with Crippen LogP contribution in [0.25, 0.3) is 0 Å². The zero-order valence-corrected chi connectivity index (χ0v) is 18.3. The fraction of sp³-hybridized carbons (Fsp3) is 0.905. The summed E-state index contributed by atoms with van der Waals surface area (Å²) in [6.45, 7) is 16.5. The van der Waals surface area contributed by atoms with Crippen molar-refractivity contribution in [3.8, 4) is 0 Å². The molecule has 0 saturated heterocycles. The third kappa shape index (κ3) is 2.70. The molecular formula is C21H38O3Si. The fourth-order valence-electron chi connectivity index (χ4n) is 5.48. The molecule has 3 aliphatic rings. The van der Waals surface area contributed by atoms with Crippen molar-refractivity contribution in [2.45, 2.75) is 90.5 Å². The highest BCUT2D eigenvalue weighted by atomic mass is 28.4. The van der Waals surface area contributed by atoms with Crippen molar-refractivity contribution in [3.05, 3.63) is 11.1 Å². The molecule has 4 atom stereocenters. The highest BCUT2D eigenvalue weighted by Crippen LogP contribution is 2.68. The number of rotatable bonds is 4. The molecule has 0 amide bonds. The van der Waals surface area contributed by atoms with Crippen LogP contribution >= 0.6 is 0 Å². The summed E-state index contributed by atoms with van der Waals surface area (Å²) >= 11 is 0. The van der Waals surface area contributed by atoms with Crippen molar-refractivity contribution in [1.82, 2.24) is 0 Å². The van der Waals surface area contributed by atoms with Gasteiger partial charge >= 0.3 is 0 Å². The Morgan fingerprint density at radius 3 is 2.20 bits per heavy atom. The molecule has 0 radical (unpaired) electrons. The van der Waals surface area contributed by atoms with Crippen molar-refractivity contribution in [2.24, 2.45) is 16.7 Å². The van der Waals surface area contributed by atoms with Gasteiger partial charge < -0.3 is 14.6 Å². The molecule has 0 aliphatic heterocycles. The molecule has 0 heterocycles. The largest absolute Gasteiger partial charge is 0.407 e. The summed E-state index contributed by atoms with van der Waals surface area (Å²) in [5, 5.41) is 20.5. The SMILES string of the molecule is CC(C)(C)[Si](C)(C)O[C@]12CC[C@@]1(C)C[C@@H]1C[C@](C)(CO)CC1=C2CO. The van der Waals surface area contributed by atoms with E-state index in [2.05, 4.69) is 47.7 Å². The molecule has 0 aromatic heterocycles. The summed E-state index contributed by atoms with van der Waals surface area (Å²) in [5.41, 5.74) is 2.43. The van der Waals surface area contributed by atoms with Crippen LogP contribution in [0.15, 0.2) is 11.1 Å². The minimum atomic E-state index is -1.94. The molecule has 0 aromatic rings. The topological polar surface area (TPSA) is 49.7 Å². The summed E-state index contributed by atoms with van der Waals surface area (Å²) in [7, 11) is -1.94. The van der Waals surface area contributed by atoms with Crippen molar-refractivity contribution in [2.75, 3.05) is 13.2 Å². The molecule has 4 heteroatoms. The second kappa shape index (κ2) is 5.67. The maximum atomic E-state index is 10.4. The van der Waals surface area contributed by atoms with E-state index in [1.54, 1.807) is 0 Å². The van der Waals surface area contributed by atoms with Gasteiger partial charge in [0.05, 0.1) is 12.2 Å². The van der Waals surface area contributed by atoms with Gasteiger partial charge in [-0.1, -0.05) is 40.2 Å². The average Bonchev–Trinajstić information content (AvgIpc) is 2.81. The van der Waals surface area contributed by atoms with Gasteiger partial charge in [-0.3, -0.25) is 0 Å². The van der Waals surface area contributed by atoms with Crippen LogP contribution in [0.4, 0.5) is 0 Å². The molecule has 3 rings (SSSR count). The highest BCUT2D eigenvalue weighted by molar-refractivity contribution is 6.74. The van der Waals surface area contributed by atoms with Crippen molar-refractivity contribution in [3.63, 3.8) is 0 Å². The zero-order valence-electron chi connectivity index (χ0n) is 17.3. The normalized spacial score (nSPS) is 41.4. The molecular weight excluding hydrogens is 328 g/mol. The molecule has 0 aromatic carbocycles. The Morgan fingerprint density at radius 2 is 1.76 bits per heavy atom. The molecule has 0 bridgehead atoms. The van der Waals surface area contributed by atoms with Gasteiger partial charge in [0.1, 0.15) is 0 Å². The van der Waals surface area contributed by atoms with Gasteiger partial charge in [0.15, 0.2) is 8.32 Å². The van der Waals surface area contributed by atoms with Gasteiger partial charge in [-0.25, -0.2) is 0 Å². The van der Waals surface area contributed by atoms with Crippen LogP contribution in [0, 0.1) is 16.7 Å². The van der Waals surface area contributed by atoms with E-state index in [1.807, 2.05) is 0 Å². The highest BCUT2D eigenvalue weighted by Gasteiger charge is 2.66. The number of hydrogen-bond donors (Lipinski definition) is 2. The van der Waals surface area contributed by atoms with Gasteiger partial charge in [0, 0.05) is 12.0 Å². The van der Waals surface area contributed by atoms with E-state index in [9.17, 15) is 10.2 Å². The quantitative estimate of drug-likeness (QED) is 0.562. The van der Waals surface area contributed by atoms with Crippen LogP contribution < -0.4 is 0 Å². The Kier molecular flexibility index (Phi) is 4.44. The molecule has 3 aliphatic carbocycles. The van der Waals surface area contributed by atoms with E-state index in [1.165, 1.54) is 17.6 Å². The molecule has 2 fully saturated rings. The first kappa shape index (κ1) is 19.6. The predicted molar refractivity (Wildman–Crippen MR) is 105 cm³/mol. The summed E-state index contributed by atoms with van der Waals surface area (Å²) in [4.78, 5) is 0. The lowest BCUT2D eigenvalue weighted by Gasteiger charge is -2.65. The third-order valence-corrected chi connectivity index (χ3v) is 12.7. The maximum Gasteiger partial charge on any atom is 0.193 e. The smallest absolute Gasteiger partial charge is 0.193 e. The summed E-state index contributed by atoms with van der Waals surface area (Å²) in [6, 6.07) is 0.